The number of rotatable bonds is 6. The first-order chi connectivity index (χ1) is 14.5. The molecule has 1 atom stereocenters. The van der Waals surface area contributed by atoms with Gasteiger partial charge < -0.3 is 24.3 Å². The number of aliphatic carboxylic acids is 1. The number of amides is 1. The molecule has 7 heteroatoms. The van der Waals surface area contributed by atoms with Crippen molar-refractivity contribution in [1.29, 1.82) is 0 Å². The van der Waals surface area contributed by atoms with Gasteiger partial charge >= 0.3 is 5.97 Å². The minimum atomic E-state index is -1.10. The molecule has 3 aromatic rings. The molecular weight excluding hydrogens is 386 g/mol. The van der Waals surface area contributed by atoms with Crippen LogP contribution in [0.25, 0.3) is 11.3 Å². The third-order valence-corrected chi connectivity index (χ3v) is 4.88. The maximum absolute atomic E-state index is 12.8. The molecule has 0 saturated carbocycles. The molecular formula is C23H21NO6. The Morgan fingerprint density at radius 2 is 1.77 bits per heavy atom. The Morgan fingerprint density at radius 3 is 2.50 bits per heavy atom. The molecule has 1 aromatic heterocycles. The lowest BCUT2D eigenvalue weighted by molar-refractivity contribution is -0.139. The standard InChI is InChI=1S/C23H21NO6/c1-14-17(22(25)24-18(23(26)27)11-15-5-3-2-4-6-15)13-20(30-14)16-7-8-19-21(12-16)29-10-9-28-19/h2-8,12-13,18H,9-11H2,1H3,(H,24,25)(H,26,27)/t18-/m0/s1. The van der Waals surface area contributed by atoms with Crippen LogP contribution in [0.5, 0.6) is 11.5 Å². The summed E-state index contributed by atoms with van der Waals surface area (Å²) in [6.45, 7) is 2.65. The summed E-state index contributed by atoms with van der Waals surface area (Å²) in [5.74, 6) is 0.582. The van der Waals surface area contributed by atoms with Crippen molar-refractivity contribution in [2.75, 3.05) is 13.2 Å². The number of nitrogens with one attached hydrogen (secondary N) is 1. The molecule has 0 unspecified atom stereocenters. The monoisotopic (exact) mass is 407 g/mol. The molecule has 7 nitrogen and oxygen atoms in total. The summed E-state index contributed by atoms with van der Waals surface area (Å²) < 4.78 is 16.9. The summed E-state index contributed by atoms with van der Waals surface area (Å²) >= 11 is 0. The van der Waals surface area contributed by atoms with Gasteiger partial charge in [0, 0.05) is 12.0 Å². The number of carbonyl (C=O) groups excluding carboxylic acids is 1. The zero-order valence-electron chi connectivity index (χ0n) is 16.4. The SMILES string of the molecule is Cc1oc(-c2ccc3c(c2)OCCO3)cc1C(=O)N[C@@H](Cc1ccccc1)C(=O)O. The molecule has 1 aliphatic rings. The number of fused-ring (bicyclic) bond motifs is 1. The lowest BCUT2D eigenvalue weighted by Crippen LogP contribution is -2.42. The van der Waals surface area contributed by atoms with Gasteiger partial charge in [-0.25, -0.2) is 4.79 Å². The van der Waals surface area contributed by atoms with Gasteiger partial charge in [-0.05, 0) is 36.8 Å². The number of hydrogen-bond donors (Lipinski definition) is 2. The van der Waals surface area contributed by atoms with Gasteiger partial charge in [-0.3, -0.25) is 4.79 Å². The van der Waals surface area contributed by atoms with Crippen molar-refractivity contribution in [2.45, 2.75) is 19.4 Å². The minimum Gasteiger partial charge on any atom is -0.486 e. The lowest BCUT2D eigenvalue weighted by Gasteiger charge is -2.18. The molecule has 1 aliphatic heterocycles. The number of aryl methyl sites for hydroxylation is 1. The highest BCUT2D eigenvalue weighted by Gasteiger charge is 2.24. The quantitative estimate of drug-likeness (QED) is 0.650. The van der Waals surface area contributed by atoms with Gasteiger partial charge in [-0.15, -0.1) is 0 Å². The first-order valence-electron chi connectivity index (χ1n) is 9.59. The molecule has 0 spiro atoms. The van der Waals surface area contributed by atoms with Crippen LogP contribution < -0.4 is 14.8 Å². The first-order valence-corrected chi connectivity index (χ1v) is 9.59. The lowest BCUT2D eigenvalue weighted by atomic mass is 10.1. The summed E-state index contributed by atoms with van der Waals surface area (Å²) in [6, 6.07) is 15.1. The van der Waals surface area contributed by atoms with E-state index in [1.54, 1.807) is 25.1 Å². The number of ether oxygens (including phenoxy) is 2. The number of carboxylic acids is 1. The molecule has 154 valence electrons. The molecule has 0 bridgehead atoms. The summed E-state index contributed by atoms with van der Waals surface area (Å²) in [4.78, 5) is 24.4. The van der Waals surface area contributed by atoms with Gasteiger partial charge in [0.2, 0.25) is 0 Å². The highest BCUT2D eigenvalue weighted by molar-refractivity contribution is 5.98. The second-order valence-corrected chi connectivity index (χ2v) is 6.99. The van der Waals surface area contributed by atoms with Crippen LogP contribution in [0.15, 0.2) is 59.0 Å². The van der Waals surface area contributed by atoms with Crippen LogP contribution in [-0.2, 0) is 11.2 Å². The maximum atomic E-state index is 12.8. The summed E-state index contributed by atoms with van der Waals surface area (Å²) in [6.07, 6.45) is 0.188. The Labute approximate surface area is 173 Å². The first kappa shape index (κ1) is 19.6. The number of carbonyl (C=O) groups is 2. The number of hydrogen-bond acceptors (Lipinski definition) is 5. The van der Waals surface area contributed by atoms with Crippen molar-refractivity contribution in [2.24, 2.45) is 0 Å². The minimum absolute atomic E-state index is 0.188. The van der Waals surface area contributed by atoms with E-state index in [9.17, 15) is 14.7 Å². The fourth-order valence-electron chi connectivity index (χ4n) is 3.33. The zero-order chi connectivity index (χ0) is 21.1. The average Bonchev–Trinajstić information content (AvgIpc) is 3.15. The van der Waals surface area contributed by atoms with E-state index in [1.165, 1.54) is 0 Å². The molecule has 2 heterocycles. The molecule has 0 radical (unpaired) electrons. The predicted molar refractivity (Wildman–Crippen MR) is 109 cm³/mol. The Balaban J connectivity index is 1.53. The van der Waals surface area contributed by atoms with E-state index in [2.05, 4.69) is 5.32 Å². The summed E-state index contributed by atoms with van der Waals surface area (Å²) in [7, 11) is 0. The number of carboxylic acid groups (broad SMARTS) is 1. The second kappa shape index (κ2) is 8.32. The van der Waals surface area contributed by atoms with Crippen molar-refractivity contribution in [3.8, 4) is 22.8 Å². The van der Waals surface area contributed by atoms with E-state index >= 15 is 0 Å². The van der Waals surface area contributed by atoms with Crippen molar-refractivity contribution >= 4 is 11.9 Å². The molecule has 1 amide bonds. The molecule has 30 heavy (non-hydrogen) atoms. The summed E-state index contributed by atoms with van der Waals surface area (Å²) in [5, 5.41) is 12.1. The fraction of sp³-hybridized carbons (Fsp3) is 0.217. The Hall–Kier alpha value is -3.74. The van der Waals surface area contributed by atoms with Crippen molar-refractivity contribution in [3.05, 3.63) is 71.5 Å². The van der Waals surface area contributed by atoms with Crippen LogP contribution in [-0.4, -0.2) is 36.2 Å². The van der Waals surface area contributed by atoms with Gasteiger partial charge in [0.25, 0.3) is 5.91 Å². The number of benzene rings is 2. The highest BCUT2D eigenvalue weighted by atomic mass is 16.6. The van der Waals surface area contributed by atoms with Gasteiger partial charge in [-0.2, -0.15) is 0 Å². The van der Waals surface area contributed by atoms with Crippen LogP contribution in [0.3, 0.4) is 0 Å². The third kappa shape index (κ3) is 4.15. The molecule has 4 rings (SSSR count). The smallest absolute Gasteiger partial charge is 0.326 e. The van der Waals surface area contributed by atoms with Gasteiger partial charge in [0.05, 0.1) is 5.56 Å². The Kier molecular flexibility index (Phi) is 5.43. The fourth-order valence-corrected chi connectivity index (χ4v) is 3.33. The normalized spacial score (nSPS) is 13.5. The maximum Gasteiger partial charge on any atom is 0.326 e. The molecule has 0 fully saturated rings. The van der Waals surface area contributed by atoms with Crippen LogP contribution in [0.2, 0.25) is 0 Å². The van der Waals surface area contributed by atoms with E-state index in [0.717, 1.165) is 11.1 Å². The van der Waals surface area contributed by atoms with Crippen molar-refractivity contribution in [3.63, 3.8) is 0 Å². The van der Waals surface area contributed by atoms with Crippen LogP contribution >= 0.6 is 0 Å². The molecule has 0 saturated heterocycles. The van der Waals surface area contributed by atoms with Gasteiger partial charge in [0.1, 0.15) is 30.8 Å². The van der Waals surface area contributed by atoms with Crippen LogP contribution in [0, 0.1) is 6.92 Å². The Bertz CT molecular complexity index is 1070. The largest absolute Gasteiger partial charge is 0.486 e. The van der Waals surface area contributed by atoms with Crippen LogP contribution in [0.1, 0.15) is 21.7 Å². The van der Waals surface area contributed by atoms with E-state index in [4.69, 9.17) is 13.9 Å². The van der Waals surface area contributed by atoms with Crippen molar-refractivity contribution in [1.82, 2.24) is 5.32 Å². The second-order valence-electron chi connectivity index (χ2n) is 6.99. The van der Waals surface area contributed by atoms with Crippen molar-refractivity contribution < 1.29 is 28.6 Å². The zero-order valence-corrected chi connectivity index (χ0v) is 16.4. The number of furan rings is 1. The molecule has 0 aliphatic carbocycles. The molecule has 2 aromatic carbocycles. The third-order valence-electron chi connectivity index (χ3n) is 4.88. The van der Waals surface area contributed by atoms with E-state index in [-0.39, 0.29) is 6.42 Å². The van der Waals surface area contributed by atoms with Gasteiger partial charge in [0.15, 0.2) is 11.5 Å². The summed E-state index contributed by atoms with van der Waals surface area (Å²) in [5.41, 5.74) is 1.85. The average molecular weight is 407 g/mol. The topological polar surface area (TPSA) is 98.0 Å². The van der Waals surface area contributed by atoms with Gasteiger partial charge in [-0.1, -0.05) is 30.3 Å². The van der Waals surface area contributed by atoms with Crippen LogP contribution in [0.4, 0.5) is 0 Å². The predicted octanol–water partition coefficient (Wildman–Crippen LogP) is 3.45. The van der Waals surface area contributed by atoms with E-state index < -0.39 is 17.9 Å². The Morgan fingerprint density at radius 1 is 1.03 bits per heavy atom. The molecule has 2 N–H and O–H groups in total. The van der Waals surface area contributed by atoms with E-state index in [0.29, 0.717) is 41.8 Å². The highest BCUT2D eigenvalue weighted by Crippen LogP contribution is 2.35. The van der Waals surface area contributed by atoms with E-state index in [1.807, 2.05) is 36.4 Å².